The van der Waals surface area contributed by atoms with E-state index >= 15 is 0 Å². The molecule has 0 aromatic carbocycles. The fraction of sp³-hybridized carbons (Fsp3) is 0.556. The number of carbonyl (C=O) groups excluding carboxylic acids is 1. The van der Waals surface area contributed by atoms with E-state index in [4.69, 9.17) is 0 Å². The average Bonchev–Trinajstić information content (AvgIpc) is 2.30. The molecule has 0 aliphatic carbocycles. The van der Waals surface area contributed by atoms with Crippen molar-refractivity contribution < 1.29 is 4.79 Å². The number of rotatable bonds is 2. The Hall–Kier alpha value is -1.41. The fourth-order valence-corrected chi connectivity index (χ4v) is 1.38. The summed E-state index contributed by atoms with van der Waals surface area (Å²) in [5.41, 5.74) is 1.28. The lowest BCUT2D eigenvalue weighted by Crippen LogP contribution is -2.16. The van der Waals surface area contributed by atoms with E-state index in [0.29, 0.717) is 0 Å². The molecule has 0 atom stereocenters. The lowest BCUT2D eigenvalue weighted by molar-refractivity contribution is 0.503. The van der Waals surface area contributed by atoms with E-state index in [1.54, 1.807) is 10.8 Å². The molecule has 1 aromatic heterocycles. The van der Waals surface area contributed by atoms with Crippen LogP contribution in [0.25, 0.3) is 0 Å². The van der Waals surface area contributed by atoms with Gasteiger partial charge in [0.1, 0.15) is 5.54 Å². The predicted molar refractivity (Wildman–Crippen MR) is 49.1 cm³/mol. The van der Waals surface area contributed by atoms with Crippen LogP contribution in [0.3, 0.4) is 0 Å². The summed E-state index contributed by atoms with van der Waals surface area (Å²) in [5.74, 6) is 0. The first-order valence-corrected chi connectivity index (χ1v) is 4.07. The summed E-state index contributed by atoms with van der Waals surface area (Å²) in [6, 6.07) is 0. The summed E-state index contributed by atoms with van der Waals surface area (Å²) in [5, 5.41) is 4.24. The summed E-state index contributed by atoms with van der Waals surface area (Å²) >= 11 is 0. The smallest absolute Gasteiger partial charge is 0.235 e. The van der Waals surface area contributed by atoms with Gasteiger partial charge in [0.2, 0.25) is 6.08 Å². The minimum atomic E-state index is -0.576. The van der Waals surface area contributed by atoms with Crippen molar-refractivity contribution in [1.82, 2.24) is 9.78 Å². The van der Waals surface area contributed by atoms with Gasteiger partial charge in [-0.05, 0) is 26.3 Å². The normalized spacial score (nSPS) is 11.1. The van der Waals surface area contributed by atoms with Crippen molar-refractivity contribution in [2.45, 2.75) is 26.3 Å². The molecule has 0 spiro atoms. The largest absolute Gasteiger partial charge is 0.275 e. The minimum absolute atomic E-state index is 0.576. The van der Waals surface area contributed by atoms with E-state index in [2.05, 4.69) is 10.1 Å². The third-order valence-electron chi connectivity index (χ3n) is 1.92. The predicted octanol–water partition coefficient (Wildman–Crippen LogP) is 1.30. The first-order valence-electron chi connectivity index (χ1n) is 4.07. The van der Waals surface area contributed by atoms with Crippen molar-refractivity contribution in [1.29, 1.82) is 0 Å². The van der Waals surface area contributed by atoms with E-state index in [1.807, 2.05) is 34.0 Å². The molecule has 13 heavy (non-hydrogen) atoms. The number of nitrogens with zero attached hydrogens (tertiary/aromatic N) is 3. The number of hydrogen-bond donors (Lipinski definition) is 0. The van der Waals surface area contributed by atoms with Crippen LogP contribution in [0.15, 0.2) is 11.2 Å². The Labute approximate surface area is 77.3 Å². The molecule has 0 fully saturated rings. The van der Waals surface area contributed by atoms with Gasteiger partial charge in [0.05, 0.1) is 5.69 Å². The Morgan fingerprint density at radius 1 is 1.62 bits per heavy atom. The number of aliphatic imine (C=N–C) groups is 1. The van der Waals surface area contributed by atoms with Gasteiger partial charge in [-0.1, -0.05) is 0 Å². The van der Waals surface area contributed by atoms with Crippen LogP contribution in [-0.4, -0.2) is 15.9 Å². The molecule has 0 saturated heterocycles. The Kier molecular flexibility index (Phi) is 2.34. The van der Waals surface area contributed by atoms with Crippen LogP contribution in [0, 0.1) is 6.92 Å². The molecule has 4 heteroatoms. The zero-order valence-electron chi connectivity index (χ0n) is 8.33. The first kappa shape index (κ1) is 9.68. The molecule has 0 bridgehead atoms. The number of aryl methyl sites for hydroxylation is 2. The zero-order valence-corrected chi connectivity index (χ0v) is 8.33. The Morgan fingerprint density at radius 2 is 2.23 bits per heavy atom. The molecule has 0 aliphatic rings. The van der Waals surface area contributed by atoms with Gasteiger partial charge in [-0.3, -0.25) is 4.68 Å². The molecular formula is C9H13N3O. The lowest BCUT2D eigenvalue weighted by atomic mass is 9.99. The summed E-state index contributed by atoms with van der Waals surface area (Å²) in [4.78, 5) is 13.9. The maximum absolute atomic E-state index is 10.2. The summed E-state index contributed by atoms with van der Waals surface area (Å²) in [6.45, 7) is 5.63. The number of hydrogen-bond acceptors (Lipinski definition) is 3. The molecule has 0 amide bonds. The van der Waals surface area contributed by atoms with E-state index in [0.717, 1.165) is 11.3 Å². The van der Waals surface area contributed by atoms with Gasteiger partial charge >= 0.3 is 0 Å². The van der Waals surface area contributed by atoms with Crippen molar-refractivity contribution in [2.75, 3.05) is 0 Å². The van der Waals surface area contributed by atoms with Gasteiger partial charge < -0.3 is 0 Å². The number of aromatic nitrogens is 2. The highest BCUT2D eigenvalue weighted by Gasteiger charge is 2.24. The molecule has 1 rings (SSSR count). The van der Waals surface area contributed by atoms with Gasteiger partial charge in [0.15, 0.2) is 0 Å². The van der Waals surface area contributed by atoms with E-state index in [-0.39, 0.29) is 0 Å². The lowest BCUT2D eigenvalue weighted by Gasteiger charge is -2.14. The fourth-order valence-electron chi connectivity index (χ4n) is 1.38. The van der Waals surface area contributed by atoms with Crippen LogP contribution in [-0.2, 0) is 17.4 Å². The van der Waals surface area contributed by atoms with E-state index in [9.17, 15) is 4.79 Å². The second-order valence-corrected chi connectivity index (χ2v) is 3.60. The van der Waals surface area contributed by atoms with E-state index < -0.39 is 5.54 Å². The number of isocyanates is 1. The second kappa shape index (κ2) is 3.15. The standard InChI is InChI=1S/C9H13N3O/c1-7-5-12(4)11-8(7)9(2,3)10-6-13/h5H,1-4H3. The molecule has 70 valence electrons. The zero-order chi connectivity index (χ0) is 10.1. The Bertz CT molecular complexity index is 359. The van der Waals surface area contributed by atoms with Crippen LogP contribution in [0.5, 0.6) is 0 Å². The minimum Gasteiger partial charge on any atom is -0.275 e. The quantitative estimate of drug-likeness (QED) is 0.507. The molecular weight excluding hydrogens is 166 g/mol. The summed E-state index contributed by atoms with van der Waals surface area (Å²) in [6.07, 6.45) is 3.47. The van der Waals surface area contributed by atoms with Crippen LogP contribution in [0.1, 0.15) is 25.1 Å². The highest BCUT2D eigenvalue weighted by Crippen LogP contribution is 2.24. The van der Waals surface area contributed by atoms with Gasteiger partial charge in [0.25, 0.3) is 0 Å². The second-order valence-electron chi connectivity index (χ2n) is 3.60. The maximum atomic E-state index is 10.2. The van der Waals surface area contributed by atoms with Gasteiger partial charge in [-0.15, -0.1) is 0 Å². The van der Waals surface area contributed by atoms with Crippen LogP contribution >= 0.6 is 0 Å². The van der Waals surface area contributed by atoms with Gasteiger partial charge in [0, 0.05) is 13.2 Å². The third kappa shape index (κ3) is 1.84. The Morgan fingerprint density at radius 3 is 2.62 bits per heavy atom. The van der Waals surface area contributed by atoms with Gasteiger partial charge in [-0.2, -0.15) is 10.1 Å². The molecule has 0 N–H and O–H groups in total. The Balaban J connectivity index is 3.20. The van der Waals surface area contributed by atoms with Crippen molar-refractivity contribution >= 4 is 6.08 Å². The summed E-state index contributed by atoms with van der Waals surface area (Å²) in [7, 11) is 1.84. The van der Waals surface area contributed by atoms with Crippen molar-refractivity contribution in [2.24, 2.45) is 12.0 Å². The van der Waals surface area contributed by atoms with Crippen LogP contribution in [0.2, 0.25) is 0 Å². The highest BCUT2D eigenvalue weighted by atomic mass is 16.1. The topological polar surface area (TPSA) is 47.2 Å². The van der Waals surface area contributed by atoms with Crippen LogP contribution in [0.4, 0.5) is 0 Å². The molecule has 4 nitrogen and oxygen atoms in total. The first-order chi connectivity index (χ1) is 5.97. The van der Waals surface area contributed by atoms with Crippen molar-refractivity contribution in [3.63, 3.8) is 0 Å². The molecule has 1 heterocycles. The molecule has 0 aliphatic heterocycles. The molecule has 0 saturated carbocycles. The van der Waals surface area contributed by atoms with Crippen LogP contribution < -0.4 is 0 Å². The third-order valence-corrected chi connectivity index (χ3v) is 1.92. The maximum Gasteiger partial charge on any atom is 0.235 e. The van der Waals surface area contributed by atoms with Gasteiger partial charge in [-0.25, -0.2) is 4.79 Å². The average molecular weight is 179 g/mol. The molecule has 0 radical (unpaired) electrons. The molecule has 0 unspecified atom stereocenters. The monoisotopic (exact) mass is 179 g/mol. The SMILES string of the molecule is Cc1cn(C)nc1C(C)(C)N=C=O. The summed E-state index contributed by atoms with van der Waals surface area (Å²) < 4.78 is 1.72. The van der Waals surface area contributed by atoms with E-state index in [1.165, 1.54) is 0 Å². The van der Waals surface area contributed by atoms with Crippen molar-refractivity contribution in [3.8, 4) is 0 Å². The molecule has 1 aromatic rings. The van der Waals surface area contributed by atoms with Crippen molar-refractivity contribution in [3.05, 3.63) is 17.5 Å². The highest BCUT2D eigenvalue weighted by molar-refractivity contribution is 5.37.